The molecule has 0 amide bonds. The second-order valence-corrected chi connectivity index (χ2v) is 3.64. The predicted octanol–water partition coefficient (Wildman–Crippen LogP) is 2.38. The lowest BCUT2D eigenvalue weighted by Gasteiger charge is -2.08. The number of aromatic amines is 1. The molecule has 4 nitrogen and oxygen atoms in total. The molecular formula is C10H10BrF2NO3. The fourth-order valence-electron chi connectivity index (χ4n) is 1.27. The third kappa shape index (κ3) is 2.91. The molecule has 1 aromatic heterocycles. The molecular weight excluding hydrogens is 300 g/mol. The average Bonchev–Trinajstić information content (AvgIpc) is 2.28. The summed E-state index contributed by atoms with van der Waals surface area (Å²) in [5, 5.41) is -0.00294. The SMILES string of the molecule is CCOC(=O)c1[nH]cc(C(F)F)c(=O)c1CBr. The Labute approximate surface area is 104 Å². The number of carbonyl (C=O) groups excluding carboxylic acids is 1. The summed E-state index contributed by atoms with van der Waals surface area (Å²) in [7, 11) is 0. The van der Waals surface area contributed by atoms with Crippen LogP contribution in [0.25, 0.3) is 0 Å². The molecule has 0 saturated carbocycles. The third-order valence-electron chi connectivity index (χ3n) is 2.06. The molecule has 0 aromatic carbocycles. The van der Waals surface area contributed by atoms with Gasteiger partial charge in [-0.05, 0) is 6.92 Å². The van der Waals surface area contributed by atoms with Crippen molar-refractivity contribution in [3.05, 3.63) is 33.2 Å². The Kier molecular flexibility index (Phi) is 4.80. The topological polar surface area (TPSA) is 59.2 Å². The lowest BCUT2D eigenvalue weighted by molar-refractivity contribution is 0.0517. The van der Waals surface area contributed by atoms with Crippen molar-refractivity contribution in [2.75, 3.05) is 6.61 Å². The number of aromatic nitrogens is 1. The van der Waals surface area contributed by atoms with Crippen LogP contribution in [0.1, 0.15) is 35.0 Å². The lowest BCUT2D eigenvalue weighted by Crippen LogP contribution is -2.21. The molecule has 0 radical (unpaired) electrons. The van der Waals surface area contributed by atoms with Crippen molar-refractivity contribution in [2.45, 2.75) is 18.7 Å². The molecule has 94 valence electrons. The number of carbonyl (C=O) groups is 1. The van der Waals surface area contributed by atoms with Gasteiger partial charge in [-0.3, -0.25) is 4.79 Å². The van der Waals surface area contributed by atoms with E-state index in [1.54, 1.807) is 6.92 Å². The Hall–Kier alpha value is -1.24. The number of nitrogens with one attached hydrogen (secondary N) is 1. The van der Waals surface area contributed by atoms with E-state index in [1.165, 1.54) is 0 Å². The van der Waals surface area contributed by atoms with Crippen molar-refractivity contribution >= 4 is 21.9 Å². The lowest BCUT2D eigenvalue weighted by atomic mass is 10.1. The van der Waals surface area contributed by atoms with E-state index in [2.05, 4.69) is 20.9 Å². The maximum Gasteiger partial charge on any atom is 0.355 e. The number of esters is 1. The van der Waals surface area contributed by atoms with E-state index in [0.717, 1.165) is 6.20 Å². The monoisotopic (exact) mass is 309 g/mol. The maximum atomic E-state index is 12.5. The van der Waals surface area contributed by atoms with E-state index >= 15 is 0 Å². The summed E-state index contributed by atoms with van der Waals surface area (Å²) < 4.78 is 29.7. The fourth-order valence-corrected chi connectivity index (χ4v) is 1.80. The standard InChI is InChI=1S/C10H10BrF2NO3/c1-2-17-10(16)7-5(3-11)8(15)6(4-14-7)9(12)13/h4,9H,2-3H2,1H3,(H,14,15). The smallest absolute Gasteiger partial charge is 0.355 e. The van der Waals surface area contributed by atoms with Gasteiger partial charge in [0.05, 0.1) is 12.2 Å². The Morgan fingerprint density at radius 3 is 2.71 bits per heavy atom. The molecule has 0 aliphatic heterocycles. The number of alkyl halides is 3. The molecule has 0 bridgehead atoms. The fraction of sp³-hybridized carbons (Fsp3) is 0.400. The Bertz CT molecular complexity index is 473. The number of ether oxygens (including phenoxy) is 1. The van der Waals surface area contributed by atoms with Gasteiger partial charge in [0.25, 0.3) is 6.43 Å². The van der Waals surface area contributed by atoms with Crippen LogP contribution in [0.3, 0.4) is 0 Å². The summed E-state index contributed by atoms with van der Waals surface area (Å²) in [6.07, 6.45) is -2.04. The van der Waals surface area contributed by atoms with E-state index in [1.807, 2.05) is 0 Å². The molecule has 0 aliphatic rings. The van der Waals surface area contributed by atoms with Crippen molar-refractivity contribution < 1.29 is 18.3 Å². The van der Waals surface area contributed by atoms with Gasteiger partial charge in [-0.15, -0.1) is 0 Å². The quantitative estimate of drug-likeness (QED) is 0.686. The van der Waals surface area contributed by atoms with Gasteiger partial charge in [-0.2, -0.15) is 0 Å². The molecule has 0 saturated heterocycles. The number of hydrogen-bond acceptors (Lipinski definition) is 3. The minimum Gasteiger partial charge on any atom is -0.461 e. The van der Waals surface area contributed by atoms with Crippen LogP contribution in [0.5, 0.6) is 0 Å². The summed E-state index contributed by atoms with van der Waals surface area (Å²) in [6.45, 7) is 1.75. The van der Waals surface area contributed by atoms with Crippen LogP contribution in [-0.2, 0) is 10.1 Å². The number of H-pyrrole nitrogens is 1. The van der Waals surface area contributed by atoms with Crippen LogP contribution < -0.4 is 5.43 Å². The number of halogens is 3. The van der Waals surface area contributed by atoms with Gasteiger partial charge in [0.15, 0.2) is 5.43 Å². The van der Waals surface area contributed by atoms with Gasteiger partial charge < -0.3 is 9.72 Å². The molecule has 1 rings (SSSR count). The molecule has 0 unspecified atom stereocenters. The van der Waals surface area contributed by atoms with E-state index < -0.39 is 23.4 Å². The van der Waals surface area contributed by atoms with Crippen LogP contribution in [0, 0.1) is 0 Å². The molecule has 0 aliphatic carbocycles. The van der Waals surface area contributed by atoms with E-state index in [0.29, 0.717) is 0 Å². The van der Waals surface area contributed by atoms with Crippen LogP contribution in [0.4, 0.5) is 8.78 Å². The highest BCUT2D eigenvalue weighted by molar-refractivity contribution is 9.08. The molecule has 1 heterocycles. The van der Waals surface area contributed by atoms with Crippen molar-refractivity contribution in [3.8, 4) is 0 Å². The van der Waals surface area contributed by atoms with Gasteiger partial charge in [-0.1, -0.05) is 15.9 Å². The van der Waals surface area contributed by atoms with E-state index in [-0.39, 0.29) is 23.2 Å². The van der Waals surface area contributed by atoms with Gasteiger partial charge in [0, 0.05) is 17.1 Å². The highest BCUT2D eigenvalue weighted by Crippen LogP contribution is 2.17. The highest BCUT2D eigenvalue weighted by Gasteiger charge is 2.21. The first kappa shape index (κ1) is 13.8. The summed E-state index contributed by atoms with van der Waals surface area (Å²) >= 11 is 2.99. The van der Waals surface area contributed by atoms with Crippen LogP contribution in [0.2, 0.25) is 0 Å². The van der Waals surface area contributed by atoms with Crippen LogP contribution >= 0.6 is 15.9 Å². The molecule has 1 aromatic rings. The summed E-state index contributed by atoms with van der Waals surface area (Å²) in [4.78, 5) is 25.5. The highest BCUT2D eigenvalue weighted by atomic mass is 79.9. The number of rotatable bonds is 4. The minimum absolute atomic E-state index is 0.00294. The zero-order valence-electron chi connectivity index (χ0n) is 8.93. The zero-order chi connectivity index (χ0) is 13.0. The van der Waals surface area contributed by atoms with Gasteiger partial charge in [0.1, 0.15) is 5.69 Å². The number of pyridine rings is 1. The average molecular weight is 310 g/mol. The largest absolute Gasteiger partial charge is 0.461 e. The summed E-state index contributed by atoms with van der Waals surface area (Å²) in [6, 6.07) is 0. The van der Waals surface area contributed by atoms with Crippen LogP contribution in [0.15, 0.2) is 11.0 Å². The van der Waals surface area contributed by atoms with Gasteiger partial charge in [0.2, 0.25) is 0 Å². The second kappa shape index (κ2) is 5.90. The molecule has 0 fully saturated rings. The molecule has 7 heteroatoms. The molecule has 0 spiro atoms. The number of hydrogen-bond donors (Lipinski definition) is 1. The maximum absolute atomic E-state index is 12.5. The predicted molar refractivity (Wildman–Crippen MR) is 60.6 cm³/mol. The summed E-state index contributed by atoms with van der Waals surface area (Å²) in [5.74, 6) is -0.736. The molecule has 17 heavy (non-hydrogen) atoms. The Morgan fingerprint density at radius 2 is 2.24 bits per heavy atom. The van der Waals surface area contributed by atoms with Crippen LogP contribution in [-0.4, -0.2) is 17.6 Å². The van der Waals surface area contributed by atoms with Gasteiger partial charge >= 0.3 is 5.97 Å². The van der Waals surface area contributed by atoms with E-state index in [4.69, 9.17) is 4.74 Å². The van der Waals surface area contributed by atoms with Gasteiger partial charge in [-0.25, -0.2) is 13.6 Å². The first-order valence-corrected chi connectivity index (χ1v) is 5.90. The third-order valence-corrected chi connectivity index (χ3v) is 2.62. The minimum atomic E-state index is -2.88. The van der Waals surface area contributed by atoms with E-state index in [9.17, 15) is 18.4 Å². The van der Waals surface area contributed by atoms with Crippen molar-refractivity contribution in [3.63, 3.8) is 0 Å². The Balaban J connectivity index is 3.31. The first-order chi connectivity index (χ1) is 8.02. The Morgan fingerprint density at radius 1 is 1.59 bits per heavy atom. The normalized spacial score (nSPS) is 10.6. The van der Waals surface area contributed by atoms with Crippen molar-refractivity contribution in [1.82, 2.24) is 4.98 Å². The first-order valence-electron chi connectivity index (χ1n) is 4.78. The van der Waals surface area contributed by atoms with Crippen molar-refractivity contribution in [2.24, 2.45) is 0 Å². The molecule has 0 atom stereocenters. The zero-order valence-corrected chi connectivity index (χ0v) is 10.5. The molecule has 1 N–H and O–H groups in total. The van der Waals surface area contributed by atoms with Crippen molar-refractivity contribution in [1.29, 1.82) is 0 Å². The second-order valence-electron chi connectivity index (χ2n) is 3.08. The summed E-state index contributed by atoms with van der Waals surface area (Å²) in [5.41, 5.74) is -1.66.